The monoisotopic (exact) mass is 198 g/mol. The number of rotatable bonds is 2. The molecule has 0 aromatic heterocycles. The summed E-state index contributed by atoms with van der Waals surface area (Å²) in [5.74, 6) is 0.663. The van der Waals surface area contributed by atoms with Crippen LogP contribution in [0.25, 0.3) is 0 Å². The molecule has 2 rings (SSSR count). The zero-order valence-electron chi connectivity index (χ0n) is 8.86. The van der Waals surface area contributed by atoms with Crippen LogP contribution in [0.2, 0.25) is 0 Å². The fourth-order valence-corrected chi connectivity index (χ4v) is 2.93. The predicted molar refractivity (Wildman–Crippen MR) is 52.0 cm³/mol. The summed E-state index contributed by atoms with van der Waals surface area (Å²) in [4.78, 5) is 12.0. The van der Waals surface area contributed by atoms with Crippen molar-refractivity contribution in [1.29, 1.82) is 0 Å². The molecular formula is C11H18O3. The van der Waals surface area contributed by atoms with Crippen molar-refractivity contribution >= 4 is 5.78 Å². The lowest BCUT2D eigenvalue weighted by Gasteiger charge is -2.42. The SMILES string of the molecule is CO[C@@H]1C[C@@H](OC)[C@H]2CCC[C@@H]1C2=O. The molecule has 0 amide bonds. The second kappa shape index (κ2) is 3.99. The first-order chi connectivity index (χ1) is 6.77. The number of ether oxygens (including phenoxy) is 2. The molecule has 2 aliphatic rings. The first-order valence-corrected chi connectivity index (χ1v) is 5.37. The Morgan fingerprint density at radius 3 is 2.00 bits per heavy atom. The summed E-state index contributed by atoms with van der Waals surface area (Å²) < 4.78 is 10.8. The molecule has 2 fully saturated rings. The molecule has 14 heavy (non-hydrogen) atoms. The van der Waals surface area contributed by atoms with Crippen LogP contribution in [0.3, 0.4) is 0 Å². The Balaban J connectivity index is 2.17. The highest BCUT2D eigenvalue weighted by Gasteiger charge is 2.46. The van der Waals surface area contributed by atoms with Crippen LogP contribution in [-0.2, 0) is 14.3 Å². The van der Waals surface area contributed by atoms with Gasteiger partial charge in [0.25, 0.3) is 0 Å². The third-order valence-corrected chi connectivity index (χ3v) is 3.73. The summed E-state index contributed by atoms with van der Waals surface area (Å²) in [5.41, 5.74) is 0. The lowest BCUT2D eigenvalue weighted by molar-refractivity contribution is -0.151. The Kier molecular flexibility index (Phi) is 2.88. The molecule has 0 radical (unpaired) electrons. The van der Waals surface area contributed by atoms with Crippen molar-refractivity contribution in [1.82, 2.24) is 0 Å². The number of carbonyl (C=O) groups is 1. The Morgan fingerprint density at radius 2 is 1.57 bits per heavy atom. The van der Waals surface area contributed by atoms with Crippen molar-refractivity contribution in [3.05, 3.63) is 0 Å². The average molecular weight is 198 g/mol. The first-order valence-electron chi connectivity index (χ1n) is 5.37. The van der Waals surface area contributed by atoms with E-state index in [1.54, 1.807) is 14.2 Å². The number of ketones is 1. The Hall–Kier alpha value is -0.410. The van der Waals surface area contributed by atoms with Crippen LogP contribution in [0.5, 0.6) is 0 Å². The highest BCUT2D eigenvalue weighted by atomic mass is 16.5. The van der Waals surface area contributed by atoms with Crippen molar-refractivity contribution in [3.8, 4) is 0 Å². The lowest BCUT2D eigenvalue weighted by Crippen LogP contribution is -2.50. The fraction of sp³-hybridized carbons (Fsp3) is 0.909. The van der Waals surface area contributed by atoms with E-state index in [0.29, 0.717) is 5.78 Å². The van der Waals surface area contributed by atoms with Gasteiger partial charge in [0, 0.05) is 32.5 Å². The van der Waals surface area contributed by atoms with E-state index in [0.717, 1.165) is 25.7 Å². The van der Waals surface area contributed by atoms with Gasteiger partial charge in [-0.2, -0.15) is 0 Å². The third kappa shape index (κ3) is 1.48. The maximum absolute atomic E-state index is 12.0. The van der Waals surface area contributed by atoms with Gasteiger partial charge >= 0.3 is 0 Å². The van der Waals surface area contributed by atoms with E-state index in [1.165, 1.54) is 0 Å². The predicted octanol–water partition coefficient (Wildman–Crippen LogP) is 1.41. The number of fused-ring (bicyclic) bond motifs is 2. The summed E-state index contributed by atoms with van der Waals surface area (Å²) in [6, 6.07) is 0. The molecule has 0 saturated heterocycles. The van der Waals surface area contributed by atoms with Crippen LogP contribution in [0, 0.1) is 11.8 Å². The summed E-state index contributed by atoms with van der Waals surface area (Å²) in [5, 5.41) is 0. The molecule has 2 aliphatic carbocycles. The van der Waals surface area contributed by atoms with Crippen LogP contribution in [0.15, 0.2) is 0 Å². The van der Waals surface area contributed by atoms with Gasteiger partial charge in [0.1, 0.15) is 5.78 Å². The Bertz CT molecular complexity index is 207. The van der Waals surface area contributed by atoms with Crippen LogP contribution in [-0.4, -0.2) is 32.2 Å². The Morgan fingerprint density at radius 1 is 1.07 bits per heavy atom. The number of carbonyl (C=O) groups excluding carboxylic acids is 1. The summed E-state index contributed by atoms with van der Waals surface area (Å²) in [7, 11) is 3.39. The summed E-state index contributed by atoms with van der Waals surface area (Å²) in [6.07, 6.45) is 4.21. The zero-order valence-corrected chi connectivity index (χ0v) is 8.86. The van der Waals surface area contributed by atoms with Gasteiger partial charge in [0.2, 0.25) is 0 Å². The summed E-state index contributed by atoms with van der Waals surface area (Å²) in [6.45, 7) is 0. The molecule has 2 saturated carbocycles. The first kappa shape index (κ1) is 10.1. The molecule has 0 aliphatic heterocycles. The maximum atomic E-state index is 12.0. The standard InChI is InChI=1S/C11H18O3/c1-13-9-6-10(14-2)8-5-3-4-7(9)11(8)12/h7-10H,3-6H2,1-2H3/t7-,8+,9-,10-/m1/s1. The smallest absolute Gasteiger partial charge is 0.144 e. The Labute approximate surface area is 84.8 Å². The molecule has 0 N–H and O–H groups in total. The molecule has 0 aromatic rings. The van der Waals surface area contributed by atoms with Gasteiger partial charge in [-0.1, -0.05) is 6.42 Å². The number of hydrogen-bond acceptors (Lipinski definition) is 3. The third-order valence-electron chi connectivity index (χ3n) is 3.73. The minimum absolute atomic E-state index is 0.0870. The molecule has 2 bridgehead atoms. The second-order valence-corrected chi connectivity index (χ2v) is 4.33. The molecule has 0 heterocycles. The van der Waals surface area contributed by atoms with E-state index in [2.05, 4.69) is 0 Å². The van der Waals surface area contributed by atoms with E-state index in [4.69, 9.17) is 9.47 Å². The largest absolute Gasteiger partial charge is 0.381 e. The van der Waals surface area contributed by atoms with E-state index in [-0.39, 0.29) is 24.0 Å². The van der Waals surface area contributed by atoms with Gasteiger partial charge in [-0.25, -0.2) is 0 Å². The molecular weight excluding hydrogens is 180 g/mol. The topological polar surface area (TPSA) is 35.5 Å². The average Bonchev–Trinajstić information content (AvgIpc) is 2.18. The highest BCUT2D eigenvalue weighted by Crippen LogP contribution is 2.39. The maximum Gasteiger partial charge on any atom is 0.144 e. The van der Waals surface area contributed by atoms with Gasteiger partial charge < -0.3 is 9.47 Å². The molecule has 3 heteroatoms. The number of Topliss-reactive ketones (excluding diaryl/α,β-unsaturated/α-hetero) is 1. The van der Waals surface area contributed by atoms with Gasteiger partial charge in [0.05, 0.1) is 12.2 Å². The molecule has 0 aromatic carbocycles. The van der Waals surface area contributed by atoms with Crippen LogP contribution in [0.1, 0.15) is 25.7 Å². The minimum atomic E-state index is 0.0870. The molecule has 0 unspecified atom stereocenters. The second-order valence-electron chi connectivity index (χ2n) is 4.33. The number of hydrogen-bond donors (Lipinski definition) is 0. The van der Waals surface area contributed by atoms with Gasteiger partial charge in [-0.3, -0.25) is 4.79 Å². The van der Waals surface area contributed by atoms with Crippen molar-refractivity contribution in [2.24, 2.45) is 11.8 Å². The highest BCUT2D eigenvalue weighted by molar-refractivity contribution is 5.86. The van der Waals surface area contributed by atoms with E-state index < -0.39 is 0 Å². The fourth-order valence-electron chi connectivity index (χ4n) is 2.93. The van der Waals surface area contributed by atoms with Crippen molar-refractivity contribution in [3.63, 3.8) is 0 Å². The van der Waals surface area contributed by atoms with E-state index in [1.807, 2.05) is 0 Å². The zero-order chi connectivity index (χ0) is 10.1. The van der Waals surface area contributed by atoms with Crippen LogP contribution in [0.4, 0.5) is 0 Å². The number of methoxy groups -OCH3 is 2. The quantitative estimate of drug-likeness (QED) is 0.673. The van der Waals surface area contributed by atoms with E-state index >= 15 is 0 Å². The summed E-state index contributed by atoms with van der Waals surface area (Å²) >= 11 is 0. The lowest BCUT2D eigenvalue weighted by atomic mass is 9.68. The van der Waals surface area contributed by atoms with Gasteiger partial charge in [-0.05, 0) is 12.8 Å². The molecule has 4 atom stereocenters. The molecule has 0 spiro atoms. The minimum Gasteiger partial charge on any atom is -0.381 e. The normalized spacial score (nSPS) is 42.6. The van der Waals surface area contributed by atoms with Crippen molar-refractivity contribution < 1.29 is 14.3 Å². The molecule has 3 nitrogen and oxygen atoms in total. The van der Waals surface area contributed by atoms with Gasteiger partial charge in [-0.15, -0.1) is 0 Å². The van der Waals surface area contributed by atoms with Crippen LogP contribution < -0.4 is 0 Å². The van der Waals surface area contributed by atoms with Crippen molar-refractivity contribution in [2.45, 2.75) is 37.9 Å². The van der Waals surface area contributed by atoms with Crippen molar-refractivity contribution in [2.75, 3.05) is 14.2 Å². The van der Waals surface area contributed by atoms with E-state index in [9.17, 15) is 4.79 Å². The van der Waals surface area contributed by atoms with Crippen LogP contribution >= 0.6 is 0 Å². The molecule has 80 valence electrons. The van der Waals surface area contributed by atoms with Gasteiger partial charge in [0.15, 0.2) is 0 Å².